The highest BCUT2D eigenvalue weighted by atomic mass is 79.9. The molecule has 0 N–H and O–H groups in total. The van der Waals surface area contributed by atoms with Crippen LogP contribution in [0.3, 0.4) is 0 Å². The molecule has 2 amide bonds. The molecule has 5 nitrogen and oxygen atoms in total. The van der Waals surface area contributed by atoms with Gasteiger partial charge in [0.25, 0.3) is 0 Å². The molecule has 1 saturated heterocycles. The topological polar surface area (TPSA) is 49.9 Å². The number of anilines is 1. The van der Waals surface area contributed by atoms with Gasteiger partial charge in [0.1, 0.15) is 5.60 Å². The summed E-state index contributed by atoms with van der Waals surface area (Å²) in [6.07, 6.45) is 0.490. The van der Waals surface area contributed by atoms with E-state index in [-0.39, 0.29) is 16.8 Å². The lowest BCUT2D eigenvalue weighted by Crippen LogP contribution is -2.33. The molecule has 0 saturated carbocycles. The van der Waals surface area contributed by atoms with Crippen LogP contribution in [0.5, 0.6) is 0 Å². The molecular formula is C17H21BrN2O3. The van der Waals surface area contributed by atoms with E-state index in [9.17, 15) is 9.59 Å². The van der Waals surface area contributed by atoms with Gasteiger partial charge in [-0.1, -0.05) is 28.1 Å². The Labute approximate surface area is 144 Å². The smallest absolute Gasteiger partial charge is 0.410 e. The maximum atomic E-state index is 12.3. The van der Waals surface area contributed by atoms with Crippen molar-refractivity contribution in [1.29, 1.82) is 0 Å². The summed E-state index contributed by atoms with van der Waals surface area (Å²) in [5.74, 6) is 0.0918. The zero-order valence-corrected chi connectivity index (χ0v) is 15.2. The van der Waals surface area contributed by atoms with Crippen molar-refractivity contribution in [2.45, 2.75) is 50.7 Å². The molecule has 23 heavy (non-hydrogen) atoms. The summed E-state index contributed by atoms with van der Waals surface area (Å²) in [7, 11) is 0. The Bertz CT molecular complexity index is 654. The Hall–Kier alpha value is -1.56. The molecule has 2 aliphatic rings. The minimum absolute atomic E-state index is 0.0918. The number of halogens is 1. The Morgan fingerprint density at radius 3 is 2.65 bits per heavy atom. The summed E-state index contributed by atoms with van der Waals surface area (Å²) in [4.78, 5) is 28.0. The molecular weight excluding hydrogens is 360 g/mol. The third-order valence-corrected chi connectivity index (χ3v) is 4.89. The fourth-order valence-electron chi connectivity index (χ4n) is 3.00. The van der Waals surface area contributed by atoms with Crippen molar-refractivity contribution >= 4 is 33.6 Å². The van der Waals surface area contributed by atoms with E-state index < -0.39 is 5.60 Å². The Morgan fingerprint density at radius 2 is 2.04 bits per heavy atom. The van der Waals surface area contributed by atoms with Crippen molar-refractivity contribution in [2.24, 2.45) is 0 Å². The highest BCUT2D eigenvalue weighted by Crippen LogP contribution is 2.35. The van der Waals surface area contributed by atoms with E-state index in [4.69, 9.17) is 4.74 Å². The highest BCUT2D eigenvalue weighted by molar-refractivity contribution is 9.10. The summed E-state index contributed by atoms with van der Waals surface area (Å²) < 4.78 is 5.46. The van der Waals surface area contributed by atoms with Gasteiger partial charge < -0.3 is 9.64 Å². The second-order valence-electron chi connectivity index (χ2n) is 7.00. The highest BCUT2D eigenvalue weighted by Gasteiger charge is 2.35. The van der Waals surface area contributed by atoms with E-state index in [1.54, 1.807) is 4.90 Å². The van der Waals surface area contributed by atoms with Crippen LogP contribution in [-0.4, -0.2) is 33.9 Å². The zero-order chi connectivity index (χ0) is 16.8. The average molecular weight is 381 g/mol. The molecule has 0 spiro atoms. The molecule has 0 radical (unpaired) electrons. The number of nitrogens with zero attached hydrogens (tertiary/aromatic N) is 2. The van der Waals surface area contributed by atoms with Crippen molar-refractivity contribution < 1.29 is 14.3 Å². The number of carbonyl (C=O) groups excluding carboxylic acids is 2. The number of ether oxygens (including phenoxy) is 1. The average Bonchev–Trinajstić information content (AvgIpc) is 3.02. The van der Waals surface area contributed by atoms with Crippen LogP contribution < -0.4 is 4.90 Å². The van der Waals surface area contributed by atoms with Crippen LogP contribution in [0.4, 0.5) is 10.5 Å². The van der Waals surface area contributed by atoms with Gasteiger partial charge in [0.05, 0.1) is 11.4 Å². The Morgan fingerprint density at radius 1 is 1.30 bits per heavy atom. The molecule has 1 aromatic rings. The molecule has 2 heterocycles. The fraction of sp³-hybridized carbons (Fsp3) is 0.529. The summed E-state index contributed by atoms with van der Waals surface area (Å²) in [5, 5.41) is 0. The molecule has 1 unspecified atom stereocenters. The molecule has 124 valence electrons. The number of fused-ring (bicyclic) bond motifs is 1. The molecule has 1 aromatic carbocycles. The number of alkyl halides is 1. The van der Waals surface area contributed by atoms with E-state index in [2.05, 4.69) is 15.9 Å². The molecule has 2 aliphatic heterocycles. The predicted molar refractivity (Wildman–Crippen MR) is 91.6 cm³/mol. The molecule has 1 atom stereocenters. The van der Waals surface area contributed by atoms with Gasteiger partial charge in [-0.2, -0.15) is 0 Å². The summed E-state index contributed by atoms with van der Waals surface area (Å²) in [6.45, 7) is 7.29. The van der Waals surface area contributed by atoms with Gasteiger partial charge in [0.15, 0.2) is 0 Å². The first-order valence-corrected chi connectivity index (χ1v) is 8.72. The second-order valence-corrected chi connectivity index (χ2v) is 8.10. The van der Waals surface area contributed by atoms with E-state index in [1.165, 1.54) is 0 Å². The van der Waals surface area contributed by atoms with Gasteiger partial charge in [-0.3, -0.25) is 9.69 Å². The van der Waals surface area contributed by atoms with Crippen molar-refractivity contribution in [3.63, 3.8) is 0 Å². The first-order chi connectivity index (χ1) is 10.8. The zero-order valence-electron chi connectivity index (χ0n) is 13.6. The summed E-state index contributed by atoms with van der Waals surface area (Å²) in [6, 6.07) is 5.91. The Balaban J connectivity index is 1.82. The van der Waals surface area contributed by atoms with Gasteiger partial charge in [0.2, 0.25) is 5.91 Å². The maximum absolute atomic E-state index is 12.3. The van der Waals surface area contributed by atoms with Crippen LogP contribution >= 0.6 is 15.9 Å². The number of hydrogen-bond donors (Lipinski definition) is 0. The number of rotatable bonds is 1. The van der Waals surface area contributed by atoms with Crippen LogP contribution in [-0.2, 0) is 22.6 Å². The summed E-state index contributed by atoms with van der Waals surface area (Å²) >= 11 is 3.41. The van der Waals surface area contributed by atoms with Crippen LogP contribution in [0, 0.1) is 0 Å². The second kappa shape index (κ2) is 5.82. The van der Waals surface area contributed by atoms with Gasteiger partial charge >= 0.3 is 6.09 Å². The van der Waals surface area contributed by atoms with Gasteiger partial charge in [-0.25, -0.2) is 4.79 Å². The lowest BCUT2D eigenvalue weighted by molar-refractivity contribution is -0.116. The number of benzene rings is 1. The summed E-state index contributed by atoms with van der Waals surface area (Å²) in [5.41, 5.74) is 2.54. The third kappa shape index (κ3) is 3.22. The van der Waals surface area contributed by atoms with Crippen molar-refractivity contribution in [2.75, 3.05) is 11.4 Å². The minimum atomic E-state index is -0.511. The monoisotopic (exact) mass is 380 g/mol. The minimum Gasteiger partial charge on any atom is -0.444 e. The number of hydrogen-bond acceptors (Lipinski definition) is 3. The first-order valence-electron chi connectivity index (χ1n) is 7.80. The quantitative estimate of drug-likeness (QED) is 0.701. The van der Waals surface area contributed by atoms with E-state index in [0.717, 1.165) is 23.2 Å². The fourth-order valence-corrected chi connectivity index (χ4v) is 3.45. The molecule has 1 fully saturated rings. The largest absolute Gasteiger partial charge is 0.444 e. The van der Waals surface area contributed by atoms with Crippen LogP contribution in [0.2, 0.25) is 0 Å². The molecule has 6 heteroatoms. The third-order valence-electron chi connectivity index (χ3n) is 4.04. The maximum Gasteiger partial charge on any atom is 0.410 e. The molecule has 3 rings (SSSR count). The normalized spacial score (nSPS) is 20.9. The van der Waals surface area contributed by atoms with Gasteiger partial charge in [0, 0.05) is 24.3 Å². The van der Waals surface area contributed by atoms with Crippen molar-refractivity contribution in [3.05, 3.63) is 29.3 Å². The number of carbonyl (C=O) groups is 2. The number of amides is 2. The Kier molecular flexibility index (Phi) is 4.12. The molecule has 0 aliphatic carbocycles. The lowest BCUT2D eigenvalue weighted by atomic mass is 10.1. The van der Waals surface area contributed by atoms with Gasteiger partial charge in [-0.15, -0.1) is 0 Å². The van der Waals surface area contributed by atoms with Gasteiger partial charge in [-0.05, 0) is 38.8 Å². The first kappa shape index (κ1) is 16.3. The van der Waals surface area contributed by atoms with Crippen LogP contribution in [0.15, 0.2) is 18.2 Å². The van der Waals surface area contributed by atoms with E-state index in [1.807, 2.05) is 43.9 Å². The van der Waals surface area contributed by atoms with Crippen LogP contribution in [0.25, 0.3) is 0 Å². The molecule has 0 bridgehead atoms. The molecule has 0 aromatic heterocycles. The standard InChI is InChI=1S/C17H21BrN2O3/c1-17(2,3)23-16(22)19-9-11-5-4-6-14(12(11)10-19)20-8-7-13(18)15(20)21/h4-6,13H,7-10H2,1-3H3. The van der Waals surface area contributed by atoms with Crippen molar-refractivity contribution in [1.82, 2.24) is 4.90 Å². The van der Waals surface area contributed by atoms with E-state index in [0.29, 0.717) is 19.6 Å². The lowest BCUT2D eigenvalue weighted by Gasteiger charge is -2.24. The van der Waals surface area contributed by atoms with Crippen LogP contribution in [0.1, 0.15) is 38.3 Å². The van der Waals surface area contributed by atoms with Crippen molar-refractivity contribution in [3.8, 4) is 0 Å². The van der Waals surface area contributed by atoms with E-state index >= 15 is 0 Å². The predicted octanol–water partition coefficient (Wildman–Crippen LogP) is 3.44. The SMILES string of the molecule is CC(C)(C)OC(=O)N1Cc2cccc(N3CCC(Br)C3=O)c2C1.